The van der Waals surface area contributed by atoms with E-state index in [0.29, 0.717) is 41.2 Å². The van der Waals surface area contributed by atoms with Crippen molar-refractivity contribution in [3.05, 3.63) is 84.1 Å². The number of para-hydroxylation sites is 1. The van der Waals surface area contributed by atoms with Crippen LogP contribution in [0.5, 0.6) is 5.75 Å². The van der Waals surface area contributed by atoms with Gasteiger partial charge in [-0.25, -0.2) is 8.42 Å². The van der Waals surface area contributed by atoms with Crippen molar-refractivity contribution in [2.75, 3.05) is 37.4 Å². The molecule has 10 heteroatoms. The van der Waals surface area contributed by atoms with Gasteiger partial charge in [0.15, 0.2) is 5.78 Å². The number of Topliss-reactive ketones (excluding diaryl/α,β-unsaturated/α-hetero) is 1. The number of amides is 1. The summed E-state index contributed by atoms with van der Waals surface area (Å²) in [5, 5.41) is 6.52. The van der Waals surface area contributed by atoms with E-state index in [-0.39, 0.29) is 28.5 Å². The van der Waals surface area contributed by atoms with E-state index in [1.54, 1.807) is 61.7 Å². The number of carbonyl (C=O) groups excluding carboxylic acids is 2. The van der Waals surface area contributed by atoms with Crippen LogP contribution in [0.2, 0.25) is 0 Å². The molecule has 1 aliphatic heterocycles. The Morgan fingerprint density at radius 3 is 2.38 bits per heavy atom. The van der Waals surface area contributed by atoms with Crippen molar-refractivity contribution >= 4 is 44.1 Å². The molecule has 0 aliphatic carbocycles. The lowest BCUT2D eigenvalue weighted by Gasteiger charge is -2.20. The van der Waals surface area contributed by atoms with Crippen molar-refractivity contribution in [1.82, 2.24) is 4.31 Å². The maximum absolute atomic E-state index is 13.2. The second-order valence-corrected chi connectivity index (χ2v) is 11.5. The lowest BCUT2D eigenvalue weighted by molar-refractivity contribution is 0.0990. The number of furan rings is 1. The Labute approximate surface area is 233 Å². The molecule has 2 heterocycles. The van der Waals surface area contributed by atoms with Gasteiger partial charge in [-0.15, -0.1) is 0 Å². The van der Waals surface area contributed by atoms with Gasteiger partial charge < -0.3 is 19.8 Å². The van der Waals surface area contributed by atoms with Gasteiger partial charge in [-0.3, -0.25) is 9.59 Å². The van der Waals surface area contributed by atoms with Crippen LogP contribution in [0.4, 0.5) is 11.4 Å². The van der Waals surface area contributed by atoms with Crippen molar-refractivity contribution in [1.29, 1.82) is 0 Å². The van der Waals surface area contributed by atoms with Crippen LogP contribution in [0.15, 0.2) is 82.1 Å². The number of methoxy groups -OCH3 is 1. The second-order valence-electron chi connectivity index (χ2n) is 9.61. The van der Waals surface area contributed by atoms with Crippen molar-refractivity contribution in [3.8, 4) is 5.75 Å². The first-order valence-electron chi connectivity index (χ1n) is 13.2. The lowest BCUT2D eigenvalue weighted by Crippen LogP contribution is -2.32. The quantitative estimate of drug-likeness (QED) is 0.257. The highest BCUT2D eigenvalue weighted by Gasteiger charge is 2.26. The number of hydrogen-bond acceptors (Lipinski definition) is 7. The van der Waals surface area contributed by atoms with Crippen LogP contribution in [0, 0.1) is 0 Å². The van der Waals surface area contributed by atoms with Gasteiger partial charge in [0.05, 0.1) is 24.2 Å². The fraction of sp³-hybridized carbons (Fsp3) is 0.267. The largest absolute Gasteiger partial charge is 0.497 e. The Morgan fingerprint density at radius 2 is 1.65 bits per heavy atom. The summed E-state index contributed by atoms with van der Waals surface area (Å²) in [7, 11) is -2.13. The van der Waals surface area contributed by atoms with Gasteiger partial charge in [0.2, 0.25) is 15.8 Å². The predicted molar refractivity (Wildman–Crippen MR) is 154 cm³/mol. The van der Waals surface area contributed by atoms with Gasteiger partial charge in [0, 0.05) is 29.7 Å². The van der Waals surface area contributed by atoms with Crippen molar-refractivity contribution in [2.24, 2.45) is 0 Å². The van der Waals surface area contributed by atoms with E-state index in [1.165, 1.54) is 16.4 Å². The second kappa shape index (κ2) is 11.9. The summed E-state index contributed by atoms with van der Waals surface area (Å²) in [4.78, 5) is 26.5. The minimum Gasteiger partial charge on any atom is -0.497 e. The highest BCUT2D eigenvalue weighted by molar-refractivity contribution is 7.89. The standard InChI is InChI=1S/C30H31N3O6S/c1-38-23-15-13-22(14-16-23)32-30(35)29-28(25-11-4-5-12-27(25)39-29)31-20-26(34)21-9-8-10-24(19-21)40(36,37)33-17-6-2-3-7-18-33/h4-5,8-16,19,31H,2-3,6-7,17-18,20H2,1H3,(H,32,35). The van der Waals surface area contributed by atoms with E-state index >= 15 is 0 Å². The highest BCUT2D eigenvalue weighted by Crippen LogP contribution is 2.32. The van der Waals surface area contributed by atoms with Gasteiger partial charge in [-0.2, -0.15) is 4.31 Å². The van der Waals surface area contributed by atoms with Crippen LogP contribution < -0.4 is 15.4 Å². The number of nitrogens with one attached hydrogen (secondary N) is 2. The molecule has 0 unspecified atom stereocenters. The normalized spacial score (nSPS) is 14.4. The van der Waals surface area contributed by atoms with Gasteiger partial charge in [0.25, 0.3) is 5.91 Å². The van der Waals surface area contributed by atoms with Crippen molar-refractivity contribution in [2.45, 2.75) is 30.6 Å². The zero-order chi connectivity index (χ0) is 28.1. The van der Waals surface area contributed by atoms with Crippen LogP contribution in [0.3, 0.4) is 0 Å². The van der Waals surface area contributed by atoms with E-state index in [1.807, 2.05) is 6.07 Å². The molecular weight excluding hydrogens is 530 g/mol. The first-order chi connectivity index (χ1) is 19.4. The summed E-state index contributed by atoms with van der Waals surface area (Å²) in [6.45, 7) is 0.799. The molecule has 1 saturated heterocycles. The number of rotatable bonds is 9. The number of anilines is 2. The summed E-state index contributed by atoms with van der Waals surface area (Å²) in [5.74, 6) is -0.116. The third kappa shape index (κ3) is 5.88. The molecule has 1 fully saturated rings. The minimum atomic E-state index is -3.70. The predicted octanol–water partition coefficient (Wildman–Crippen LogP) is 5.55. The van der Waals surface area contributed by atoms with E-state index in [4.69, 9.17) is 9.15 Å². The summed E-state index contributed by atoms with van der Waals surface area (Å²) in [6.07, 6.45) is 3.68. The number of benzene rings is 3. The van der Waals surface area contributed by atoms with Crippen LogP contribution in [-0.4, -0.2) is 51.2 Å². The summed E-state index contributed by atoms with van der Waals surface area (Å²) >= 11 is 0. The highest BCUT2D eigenvalue weighted by atomic mass is 32.2. The SMILES string of the molecule is COc1ccc(NC(=O)c2oc3ccccc3c2NCC(=O)c2cccc(S(=O)(=O)N3CCCCCC3)c2)cc1. The third-order valence-electron chi connectivity index (χ3n) is 6.93. The first kappa shape index (κ1) is 27.4. The monoisotopic (exact) mass is 561 g/mol. The number of carbonyl (C=O) groups is 2. The summed E-state index contributed by atoms with van der Waals surface area (Å²) in [6, 6.07) is 20.1. The maximum atomic E-state index is 13.2. The van der Waals surface area contributed by atoms with Crippen molar-refractivity contribution in [3.63, 3.8) is 0 Å². The Bertz CT molecular complexity index is 1620. The molecule has 0 spiro atoms. The van der Waals surface area contributed by atoms with Crippen LogP contribution in [-0.2, 0) is 10.0 Å². The first-order valence-corrected chi connectivity index (χ1v) is 14.6. The summed E-state index contributed by atoms with van der Waals surface area (Å²) < 4.78 is 39.0. The number of nitrogens with zero attached hydrogens (tertiary/aromatic N) is 1. The van der Waals surface area contributed by atoms with Crippen LogP contribution in [0.1, 0.15) is 46.6 Å². The van der Waals surface area contributed by atoms with E-state index in [0.717, 1.165) is 25.7 Å². The van der Waals surface area contributed by atoms with Gasteiger partial charge in [0.1, 0.15) is 11.3 Å². The zero-order valence-electron chi connectivity index (χ0n) is 22.2. The molecule has 1 aliphatic rings. The molecule has 1 amide bonds. The molecule has 4 aromatic rings. The molecular formula is C30H31N3O6S. The van der Waals surface area contributed by atoms with E-state index < -0.39 is 15.9 Å². The fourth-order valence-corrected chi connectivity index (χ4v) is 6.34. The third-order valence-corrected chi connectivity index (χ3v) is 8.83. The Morgan fingerprint density at radius 1 is 0.925 bits per heavy atom. The van der Waals surface area contributed by atoms with Gasteiger partial charge in [-0.05, 0) is 61.4 Å². The van der Waals surface area contributed by atoms with E-state index in [2.05, 4.69) is 10.6 Å². The molecule has 5 rings (SSSR count). The summed E-state index contributed by atoms with van der Waals surface area (Å²) in [5.41, 5.74) is 1.68. The smallest absolute Gasteiger partial charge is 0.293 e. The number of ketones is 1. The number of fused-ring (bicyclic) bond motifs is 1. The molecule has 3 aromatic carbocycles. The number of sulfonamides is 1. The van der Waals surface area contributed by atoms with Crippen LogP contribution in [0.25, 0.3) is 11.0 Å². The Kier molecular flexibility index (Phi) is 8.18. The van der Waals surface area contributed by atoms with Crippen LogP contribution >= 0.6 is 0 Å². The topological polar surface area (TPSA) is 118 Å². The molecule has 0 saturated carbocycles. The zero-order valence-corrected chi connectivity index (χ0v) is 23.0. The Balaban J connectivity index is 1.35. The molecule has 0 radical (unpaired) electrons. The average Bonchev–Trinajstić information content (AvgIpc) is 3.13. The van der Waals surface area contributed by atoms with Gasteiger partial charge in [-0.1, -0.05) is 37.1 Å². The minimum absolute atomic E-state index is 0.0299. The molecule has 9 nitrogen and oxygen atoms in total. The molecule has 0 atom stereocenters. The molecule has 2 N–H and O–H groups in total. The van der Waals surface area contributed by atoms with Crippen molar-refractivity contribution < 1.29 is 27.2 Å². The molecule has 0 bridgehead atoms. The molecule has 208 valence electrons. The number of ether oxygens (including phenoxy) is 1. The van der Waals surface area contributed by atoms with Gasteiger partial charge >= 0.3 is 0 Å². The number of hydrogen-bond donors (Lipinski definition) is 2. The molecule has 40 heavy (non-hydrogen) atoms. The lowest BCUT2D eigenvalue weighted by atomic mass is 10.1. The maximum Gasteiger partial charge on any atom is 0.293 e. The Hall–Kier alpha value is -4.15. The average molecular weight is 562 g/mol. The van der Waals surface area contributed by atoms with E-state index in [9.17, 15) is 18.0 Å². The fourth-order valence-electron chi connectivity index (χ4n) is 4.77. The molecule has 1 aromatic heterocycles.